The highest BCUT2D eigenvalue weighted by Gasteiger charge is 2.21. The van der Waals surface area contributed by atoms with E-state index in [0.717, 1.165) is 0 Å². The predicted molar refractivity (Wildman–Crippen MR) is 66.8 cm³/mol. The Morgan fingerprint density at radius 2 is 2.13 bits per heavy atom. The van der Waals surface area contributed by atoms with E-state index in [9.17, 15) is 5.11 Å². The zero-order chi connectivity index (χ0) is 11.4. The lowest BCUT2D eigenvalue weighted by atomic mass is 10.2. The van der Waals surface area contributed by atoms with Gasteiger partial charge >= 0.3 is 6.01 Å². The summed E-state index contributed by atoms with van der Waals surface area (Å²) in [6, 6.07) is 0.234. The summed E-state index contributed by atoms with van der Waals surface area (Å²) >= 11 is 5.22. The molecule has 1 rings (SSSR count). The Hall–Kier alpha value is -0.150. The third-order valence-corrected chi connectivity index (χ3v) is 4.37. The van der Waals surface area contributed by atoms with Crippen LogP contribution in [-0.4, -0.2) is 33.4 Å². The van der Waals surface area contributed by atoms with Crippen molar-refractivity contribution in [2.24, 2.45) is 0 Å². The molecule has 0 saturated carbocycles. The van der Waals surface area contributed by atoms with Crippen LogP contribution in [0.5, 0.6) is 11.9 Å². The summed E-state index contributed by atoms with van der Waals surface area (Å²) in [5, 5.41) is 9.42. The highest BCUT2D eigenvalue weighted by molar-refractivity contribution is 14.1. The second kappa shape index (κ2) is 5.80. The van der Waals surface area contributed by atoms with Crippen molar-refractivity contribution < 1.29 is 14.6 Å². The van der Waals surface area contributed by atoms with Crippen LogP contribution >= 0.6 is 38.5 Å². The second-order valence-corrected chi connectivity index (χ2v) is 4.86. The minimum Gasteiger partial charge on any atom is -0.481 e. The van der Waals surface area contributed by atoms with Crippen molar-refractivity contribution in [1.82, 2.24) is 9.97 Å². The van der Waals surface area contributed by atoms with Crippen molar-refractivity contribution in [3.05, 3.63) is 11.8 Å². The molecule has 0 aliphatic carbocycles. The van der Waals surface area contributed by atoms with E-state index in [1.165, 1.54) is 14.2 Å². The standard InChI is InChI=1S/C8H10BrIN2O3/c1-14-7-4(5(9)6(10)13)3-11-8(12-7)15-2/h3,5-6,13H,1-2H3. The molecule has 1 N–H and O–H groups in total. The van der Waals surface area contributed by atoms with Gasteiger partial charge in [0.05, 0.1) is 19.0 Å². The van der Waals surface area contributed by atoms with Gasteiger partial charge in [0.15, 0.2) is 0 Å². The van der Waals surface area contributed by atoms with E-state index in [-0.39, 0.29) is 10.8 Å². The zero-order valence-electron chi connectivity index (χ0n) is 8.15. The van der Waals surface area contributed by atoms with Gasteiger partial charge in [-0.15, -0.1) is 0 Å². The maximum atomic E-state index is 9.42. The van der Waals surface area contributed by atoms with Crippen LogP contribution in [0.15, 0.2) is 6.20 Å². The molecule has 0 bridgehead atoms. The Kier molecular flexibility index (Phi) is 5.00. The predicted octanol–water partition coefficient (Wildman–Crippen LogP) is 1.68. The molecule has 2 atom stereocenters. The first-order chi connectivity index (χ1) is 7.10. The van der Waals surface area contributed by atoms with Crippen molar-refractivity contribution >= 4 is 38.5 Å². The van der Waals surface area contributed by atoms with Crippen LogP contribution in [0.25, 0.3) is 0 Å². The van der Waals surface area contributed by atoms with Crippen LogP contribution in [0, 0.1) is 0 Å². The molecule has 7 heteroatoms. The lowest BCUT2D eigenvalue weighted by Gasteiger charge is -2.14. The number of ether oxygens (including phenoxy) is 2. The van der Waals surface area contributed by atoms with Gasteiger partial charge in [-0.1, -0.05) is 15.9 Å². The van der Waals surface area contributed by atoms with E-state index in [4.69, 9.17) is 9.47 Å². The molecule has 0 aliphatic rings. The number of hydrogen-bond donors (Lipinski definition) is 1. The van der Waals surface area contributed by atoms with Crippen LogP contribution in [0.2, 0.25) is 0 Å². The summed E-state index contributed by atoms with van der Waals surface area (Å²) in [5.74, 6) is 0.388. The van der Waals surface area contributed by atoms with Crippen LogP contribution in [-0.2, 0) is 0 Å². The molecule has 1 aromatic heterocycles. The number of methoxy groups -OCH3 is 2. The van der Waals surface area contributed by atoms with E-state index in [0.29, 0.717) is 11.4 Å². The Bertz CT molecular complexity index is 338. The molecule has 0 fully saturated rings. The number of aliphatic hydroxyl groups is 1. The summed E-state index contributed by atoms with van der Waals surface area (Å²) in [4.78, 5) is 7.69. The van der Waals surface area contributed by atoms with Crippen molar-refractivity contribution in [2.75, 3.05) is 14.2 Å². The van der Waals surface area contributed by atoms with Crippen LogP contribution in [0.4, 0.5) is 0 Å². The molecule has 0 radical (unpaired) electrons. The van der Waals surface area contributed by atoms with E-state index < -0.39 is 4.11 Å². The van der Waals surface area contributed by atoms with Crippen LogP contribution < -0.4 is 9.47 Å². The number of halogens is 2. The topological polar surface area (TPSA) is 64.5 Å². The smallest absolute Gasteiger partial charge is 0.319 e. The molecular formula is C8H10BrIN2O3. The van der Waals surface area contributed by atoms with Gasteiger partial charge < -0.3 is 14.6 Å². The molecule has 1 heterocycles. The van der Waals surface area contributed by atoms with Crippen LogP contribution in [0.3, 0.4) is 0 Å². The minimum absolute atomic E-state index is 0.234. The zero-order valence-corrected chi connectivity index (χ0v) is 11.9. The molecule has 0 saturated heterocycles. The summed E-state index contributed by atoms with van der Waals surface area (Å²) < 4.78 is 9.36. The molecule has 1 aromatic rings. The molecule has 0 aromatic carbocycles. The molecule has 5 nitrogen and oxygen atoms in total. The first-order valence-electron chi connectivity index (χ1n) is 4.01. The highest BCUT2D eigenvalue weighted by atomic mass is 127. The van der Waals surface area contributed by atoms with Crippen molar-refractivity contribution in [3.63, 3.8) is 0 Å². The van der Waals surface area contributed by atoms with E-state index in [1.807, 2.05) is 22.6 Å². The number of nitrogens with zero attached hydrogens (tertiary/aromatic N) is 2. The third-order valence-electron chi connectivity index (χ3n) is 1.67. The largest absolute Gasteiger partial charge is 0.481 e. The normalized spacial score (nSPS) is 14.5. The van der Waals surface area contributed by atoms with Gasteiger partial charge in [-0.3, -0.25) is 0 Å². The summed E-state index contributed by atoms with van der Waals surface area (Å²) in [7, 11) is 2.98. The fraction of sp³-hybridized carbons (Fsp3) is 0.500. The highest BCUT2D eigenvalue weighted by Crippen LogP contribution is 2.34. The maximum absolute atomic E-state index is 9.42. The first-order valence-corrected chi connectivity index (χ1v) is 6.17. The molecule has 0 spiro atoms. The van der Waals surface area contributed by atoms with Gasteiger partial charge in [-0.25, -0.2) is 4.98 Å². The third kappa shape index (κ3) is 3.15. The fourth-order valence-electron chi connectivity index (χ4n) is 0.959. The summed E-state index contributed by atoms with van der Waals surface area (Å²) in [5.41, 5.74) is 0.681. The van der Waals surface area contributed by atoms with Gasteiger partial charge in [-0.05, 0) is 22.6 Å². The monoisotopic (exact) mass is 388 g/mol. The Balaban J connectivity index is 3.07. The molecular weight excluding hydrogens is 379 g/mol. The minimum atomic E-state index is -0.589. The lowest BCUT2D eigenvalue weighted by molar-refractivity contribution is 0.274. The van der Waals surface area contributed by atoms with Crippen LogP contribution in [0.1, 0.15) is 10.4 Å². The summed E-state index contributed by atoms with van der Waals surface area (Å²) in [6.07, 6.45) is 1.56. The average Bonchev–Trinajstić information content (AvgIpc) is 2.27. The number of alkyl halides is 2. The van der Waals surface area contributed by atoms with Gasteiger partial charge in [0.2, 0.25) is 5.88 Å². The van der Waals surface area contributed by atoms with Crippen molar-refractivity contribution in [3.8, 4) is 11.9 Å². The quantitative estimate of drug-likeness (QED) is 0.628. The number of hydrogen-bond acceptors (Lipinski definition) is 5. The average molecular weight is 389 g/mol. The Morgan fingerprint density at radius 1 is 1.47 bits per heavy atom. The van der Waals surface area contributed by atoms with E-state index >= 15 is 0 Å². The van der Waals surface area contributed by atoms with Gasteiger partial charge in [-0.2, -0.15) is 4.98 Å². The Labute approximate surface area is 109 Å². The van der Waals surface area contributed by atoms with Gasteiger partial charge in [0, 0.05) is 11.8 Å². The fourth-order valence-corrected chi connectivity index (χ4v) is 1.66. The van der Waals surface area contributed by atoms with Gasteiger partial charge in [0.1, 0.15) is 4.11 Å². The molecule has 2 unspecified atom stereocenters. The lowest BCUT2D eigenvalue weighted by Crippen LogP contribution is -2.08. The molecule has 0 aliphatic heterocycles. The number of aliphatic hydroxyl groups excluding tert-OH is 1. The number of rotatable bonds is 4. The second-order valence-electron chi connectivity index (χ2n) is 2.60. The SMILES string of the molecule is COc1ncc(C(Br)C(O)I)c(OC)n1. The summed E-state index contributed by atoms with van der Waals surface area (Å²) in [6.45, 7) is 0. The molecule has 0 amide bonds. The van der Waals surface area contributed by atoms with E-state index in [1.54, 1.807) is 6.20 Å². The molecule has 15 heavy (non-hydrogen) atoms. The Morgan fingerprint density at radius 3 is 2.60 bits per heavy atom. The van der Waals surface area contributed by atoms with Gasteiger partial charge in [0.25, 0.3) is 0 Å². The van der Waals surface area contributed by atoms with E-state index in [2.05, 4.69) is 25.9 Å². The van der Waals surface area contributed by atoms with Crippen molar-refractivity contribution in [2.45, 2.75) is 8.94 Å². The van der Waals surface area contributed by atoms with Crippen molar-refractivity contribution in [1.29, 1.82) is 0 Å². The first kappa shape index (κ1) is 12.9. The molecule has 84 valence electrons. The maximum Gasteiger partial charge on any atom is 0.319 e. The number of aromatic nitrogens is 2.